The third-order valence-electron chi connectivity index (χ3n) is 5.26. The number of hydrogen-bond acceptors (Lipinski definition) is 4. The quantitative estimate of drug-likeness (QED) is 0.399. The standard InChI is InChI=1S/C19H26F3N3OS/c20-15-11-17(22)16(21)9-13(15)10-18(23)12-4-7-25(8-5-12)19(26)3-6-24-27-14-1-2-14/h9,11-12,14,18,24H,1-8,10,23H2. The Hall–Kier alpha value is -1.25. The predicted molar refractivity (Wildman–Crippen MR) is 101 cm³/mol. The molecular weight excluding hydrogens is 375 g/mol. The largest absolute Gasteiger partial charge is 0.343 e. The molecule has 0 spiro atoms. The van der Waals surface area contributed by atoms with E-state index in [1.165, 1.54) is 12.8 Å². The predicted octanol–water partition coefficient (Wildman–Crippen LogP) is 3.00. The van der Waals surface area contributed by atoms with Crippen LogP contribution in [0.25, 0.3) is 0 Å². The highest BCUT2D eigenvalue weighted by Gasteiger charge is 2.27. The van der Waals surface area contributed by atoms with Gasteiger partial charge in [0, 0.05) is 43.4 Å². The lowest BCUT2D eigenvalue weighted by molar-refractivity contribution is -0.132. The van der Waals surface area contributed by atoms with E-state index in [1.54, 1.807) is 11.9 Å². The highest BCUT2D eigenvalue weighted by Crippen LogP contribution is 2.31. The molecule has 1 saturated carbocycles. The molecule has 0 aromatic heterocycles. The van der Waals surface area contributed by atoms with Gasteiger partial charge < -0.3 is 10.6 Å². The van der Waals surface area contributed by atoms with E-state index in [4.69, 9.17) is 5.73 Å². The zero-order valence-electron chi connectivity index (χ0n) is 15.2. The average Bonchev–Trinajstić information content (AvgIpc) is 3.47. The Morgan fingerprint density at radius 3 is 2.48 bits per heavy atom. The molecule has 150 valence electrons. The molecule has 1 atom stereocenters. The summed E-state index contributed by atoms with van der Waals surface area (Å²) in [4.78, 5) is 14.1. The molecule has 0 bridgehead atoms. The van der Waals surface area contributed by atoms with E-state index in [9.17, 15) is 18.0 Å². The Labute approximate surface area is 162 Å². The molecule has 1 aliphatic carbocycles. The van der Waals surface area contributed by atoms with Crippen LogP contribution in [0.5, 0.6) is 0 Å². The summed E-state index contributed by atoms with van der Waals surface area (Å²) in [5, 5.41) is 0.719. The van der Waals surface area contributed by atoms with Gasteiger partial charge in [0.15, 0.2) is 11.6 Å². The van der Waals surface area contributed by atoms with Crippen LogP contribution in [-0.2, 0) is 11.2 Å². The summed E-state index contributed by atoms with van der Waals surface area (Å²) in [6.45, 7) is 1.94. The minimum absolute atomic E-state index is 0.0964. The zero-order valence-corrected chi connectivity index (χ0v) is 16.0. The second-order valence-corrected chi connectivity index (χ2v) is 8.60. The Bertz CT molecular complexity index is 664. The van der Waals surface area contributed by atoms with Crippen LogP contribution in [0.2, 0.25) is 0 Å². The third kappa shape index (κ3) is 5.86. The van der Waals surface area contributed by atoms with Gasteiger partial charge in [-0.1, -0.05) is 11.9 Å². The molecule has 2 aliphatic rings. The zero-order chi connectivity index (χ0) is 19.4. The van der Waals surface area contributed by atoms with Crippen molar-refractivity contribution in [3.8, 4) is 0 Å². The SMILES string of the molecule is NC(Cc1cc(F)c(F)cc1F)C1CCN(C(=O)CCNSC2CC2)CC1. The van der Waals surface area contributed by atoms with E-state index in [1.807, 2.05) is 4.90 Å². The molecule has 4 nitrogen and oxygen atoms in total. The molecule has 1 aromatic rings. The molecule has 2 fully saturated rings. The fourth-order valence-electron chi connectivity index (χ4n) is 3.40. The highest BCUT2D eigenvalue weighted by atomic mass is 32.2. The minimum atomic E-state index is -1.19. The maximum Gasteiger partial charge on any atom is 0.223 e. The van der Waals surface area contributed by atoms with E-state index >= 15 is 0 Å². The molecule has 3 N–H and O–H groups in total. The van der Waals surface area contributed by atoms with Crippen molar-refractivity contribution in [3.63, 3.8) is 0 Å². The fourth-order valence-corrected chi connectivity index (χ4v) is 4.22. The summed E-state index contributed by atoms with van der Waals surface area (Å²) in [5.74, 6) is -2.76. The first-order valence-corrected chi connectivity index (χ1v) is 10.4. The van der Waals surface area contributed by atoms with E-state index in [2.05, 4.69) is 4.72 Å². The lowest BCUT2D eigenvalue weighted by Crippen LogP contribution is -2.44. The van der Waals surface area contributed by atoms with Gasteiger partial charge in [0.2, 0.25) is 5.91 Å². The number of nitrogens with one attached hydrogen (secondary N) is 1. The molecule has 3 rings (SSSR count). The van der Waals surface area contributed by atoms with Crippen LogP contribution in [0, 0.1) is 23.4 Å². The molecule has 0 radical (unpaired) electrons. The summed E-state index contributed by atoms with van der Waals surface area (Å²) in [6, 6.07) is 1.10. The smallest absolute Gasteiger partial charge is 0.223 e. The van der Waals surface area contributed by atoms with E-state index in [0.29, 0.717) is 32.1 Å². The number of rotatable bonds is 8. The number of piperidine rings is 1. The first kappa shape index (κ1) is 20.5. The maximum absolute atomic E-state index is 13.8. The molecule has 1 amide bonds. The number of likely N-dealkylation sites (tertiary alicyclic amines) is 1. The summed E-state index contributed by atoms with van der Waals surface area (Å²) in [7, 11) is 0. The molecule has 1 heterocycles. The van der Waals surface area contributed by atoms with Crippen LogP contribution in [0.4, 0.5) is 13.2 Å². The van der Waals surface area contributed by atoms with Gasteiger partial charge in [-0.15, -0.1) is 0 Å². The fraction of sp³-hybridized carbons (Fsp3) is 0.632. The van der Waals surface area contributed by atoms with E-state index in [-0.39, 0.29) is 29.9 Å². The summed E-state index contributed by atoms with van der Waals surface area (Å²) < 4.78 is 43.4. The lowest BCUT2D eigenvalue weighted by atomic mass is 9.86. The topological polar surface area (TPSA) is 58.4 Å². The summed E-state index contributed by atoms with van der Waals surface area (Å²) >= 11 is 1.72. The Balaban J connectivity index is 1.41. The molecule has 1 aromatic carbocycles. The van der Waals surface area contributed by atoms with Gasteiger partial charge in [-0.2, -0.15) is 0 Å². The Kier molecular flexibility index (Phi) is 7.05. The molecule has 1 aliphatic heterocycles. The van der Waals surface area contributed by atoms with Gasteiger partial charge in [-0.25, -0.2) is 13.2 Å². The molecule has 8 heteroatoms. The van der Waals surface area contributed by atoms with E-state index in [0.717, 1.165) is 24.2 Å². The van der Waals surface area contributed by atoms with Crippen molar-refractivity contribution in [2.75, 3.05) is 19.6 Å². The second kappa shape index (κ2) is 9.30. The normalized spacial score (nSPS) is 19.3. The Morgan fingerprint density at radius 2 is 1.81 bits per heavy atom. The molecular formula is C19H26F3N3OS. The Morgan fingerprint density at radius 1 is 1.15 bits per heavy atom. The number of carbonyl (C=O) groups excluding carboxylic acids is 1. The number of nitrogens with two attached hydrogens (primary N) is 1. The van der Waals surface area contributed by atoms with Gasteiger partial charge in [0.25, 0.3) is 0 Å². The van der Waals surface area contributed by atoms with Crippen LogP contribution in [-0.4, -0.2) is 41.7 Å². The second-order valence-electron chi connectivity index (χ2n) is 7.41. The summed E-state index contributed by atoms with van der Waals surface area (Å²) in [6.07, 6.45) is 4.63. The van der Waals surface area contributed by atoms with Gasteiger partial charge in [0.1, 0.15) is 5.82 Å². The van der Waals surface area contributed by atoms with Crippen molar-refractivity contribution in [2.24, 2.45) is 11.7 Å². The van der Waals surface area contributed by atoms with Gasteiger partial charge in [-0.3, -0.25) is 9.52 Å². The monoisotopic (exact) mass is 401 g/mol. The number of carbonyl (C=O) groups is 1. The van der Waals surface area contributed by atoms with Crippen LogP contribution in [0.15, 0.2) is 12.1 Å². The molecule has 1 saturated heterocycles. The van der Waals surface area contributed by atoms with Gasteiger partial charge >= 0.3 is 0 Å². The van der Waals surface area contributed by atoms with E-state index < -0.39 is 17.5 Å². The highest BCUT2D eigenvalue weighted by molar-refractivity contribution is 7.98. The van der Waals surface area contributed by atoms with Crippen molar-refractivity contribution in [2.45, 2.75) is 49.8 Å². The maximum atomic E-state index is 13.8. The van der Waals surface area contributed by atoms with Crippen molar-refractivity contribution in [1.82, 2.24) is 9.62 Å². The number of nitrogens with zero attached hydrogens (tertiary/aromatic N) is 1. The van der Waals surface area contributed by atoms with Crippen molar-refractivity contribution >= 4 is 17.9 Å². The molecule has 1 unspecified atom stereocenters. The first-order chi connectivity index (χ1) is 12.9. The number of hydrogen-bond donors (Lipinski definition) is 2. The third-order valence-corrected chi connectivity index (χ3v) is 6.43. The van der Waals surface area contributed by atoms with Crippen molar-refractivity contribution in [3.05, 3.63) is 35.1 Å². The van der Waals surface area contributed by atoms with Crippen LogP contribution in [0.3, 0.4) is 0 Å². The minimum Gasteiger partial charge on any atom is -0.343 e. The van der Waals surface area contributed by atoms with Crippen molar-refractivity contribution < 1.29 is 18.0 Å². The first-order valence-electron chi connectivity index (χ1n) is 9.49. The lowest BCUT2D eigenvalue weighted by Gasteiger charge is -2.35. The van der Waals surface area contributed by atoms with Crippen LogP contribution < -0.4 is 10.5 Å². The van der Waals surface area contributed by atoms with Crippen LogP contribution in [0.1, 0.15) is 37.7 Å². The summed E-state index contributed by atoms with van der Waals surface area (Å²) in [5.41, 5.74) is 6.29. The number of halogens is 3. The number of benzene rings is 1. The number of amides is 1. The van der Waals surface area contributed by atoms with Crippen LogP contribution >= 0.6 is 11.9 Å². The van der Waals surface area contributed by atoms with Gasteiger partial charge in [0.05, 0.1) is 0 Å². The van der Waals surface area contributed by atoms with Gasteiger partial charge in [-0.05, 0) is 49.7 Å². The van der Waals surface area contributed by atoms with Crippen molar-refractivity contribution in [1.29, 1.82) is 0 Å². The molecule has 27 heavy (non-hydrogen) atoms. The average molecular weight is 401 g/mol.